The summed E-state index contributed by atoms with van der Waals surface area (Å²) in [7, 11) is 4.02. The lowest BCUT2D eigenvalue weighted by molar-refractivity contribution is 0.442. The van der Waals surface area contributed by atoms with E-state index in [1.807, 2.05) is 79.7 Å². The molecule has 0 bridgehead atoms. The average Bonchev–Trinajstić information content (AvgIpc) is 2.99. The molecule has 0 aliphatic carbocycles. The number of anilines is 1. The third kappa shape index (κ3) is 8.83. The first-order chi connectivity index (χ1) is 19.7. The Bertz CT molecular complexity index is 1500. The molecule has 8 nitrogen and oxygen atoms in total. The van der Waals surface area contributed by atoms with Crippen molar-refractivity contribution in [3.63, 3.8) is 0 Å². The number of phenolic OH excluding ortho intramolecular Hbond substituents is 4. The van der Waals surface area contributed by atoms with Gasteiger partial charge in [0.05, 0.1) is 22.1 Å². The van der Waals surface area contributed by atoms with Crippen LogP contribution in [0.25, 0.3) is 22.1 Å². The van der Waals surface area contributed by atoms with Crippen LogP contribution >= 0.6 is 0 Å². The Labute approximate surface area is 239 Å². The number of aromatic hydroxyl groups is 4. The fraction of sp³-hybridized carbons (Fsp3) is 0.121. The van der Waals surface area contributed by atoms with Crippen LogP contribution in [0.15, 0.2) is 109 Å². The van der Waals surface area contributed by atoms with Crippen molar-refractivity contribution < 1.29 is 20.4 Å². The maximum atomic E-state index is 8.94. The molecule has 0 saturated carbocycles. The summed E-state index contributed by atoms with van der Waals surface area (Å²) in [5.41, 5.74) is 6.04. The maximum Gasteiger partial charge on any atom is 0.122 e. The van der Waals surface area contributed by atoms with Gasteiger partial charge in [0.1, 0.15) is 23.0 Å². The summed E-state index contributed by atoms with van der Waals surface area (Å²) >= 11 is 0. The maximum absolute atomic E-state index is 8.94. The molecule has 6 aromatic rings. The number of fused-ring (bicyclic) bond motifs is 2. The van der Waals surface area contributed by atoms with E-state index in [2.05, 4.69) is 15.0 Å². The molecule has 0 saturated heterocycles. The van der Waals surface area contributed by atoms with E-state index in [0.29, 0.717) is 11.1 Å². The summed E-state index contributed by atoms with van der Waals surface area (Å²) in [6, 6.07) is 29.1. The second-order valence-electron chi connectivity index (χ2n) is 9.14. The van der Waals surface area contributed by atoms with Gasteiger partial charge in [-0.15, -0.1) is 0 Å². The summed E-state index contributed by atoms with van der Waals surface area (Å²) in [5.74, 6) is 0.537. The third-order valence-electron chi connectivity index (χ3n) is 5.98. The van der Waals surface area contributed by atoms with E-state index >= 15 is 0 Å². The van der Waals surface area contributed by atoms with Crippen LogP contribution < -0.4 is 4.90 Å². The highest BCUT2D eigenvalue weighted by Crippen LogP contribution is 2.24. The molecule has 4 N–H and O–H groups in total. The number of benzene rings is 4. The van der Waals surface area contributed by atoms with Gasteiger partial charge in [-0.25, -0.2) is 9.97 Å². The van der Waals surface area contributed by atoms with Gasteiger partial charge >= 0.3 is 0 Å². The monoisotopic (exact) mass is 550 g/mol. The van der Waals surface area contributed by atoms with Crippen LogP contribution in [0, 0.1) is 13.8 Å². The van der Waals surface area contributed by atoms with Crippen LogP contribution in [0.1, 0.15) is 11.1 Å². The van der Waals surface area contributed by atoms with Crippen molar-refractivity contribution in [3.05, 3.63) is 121 Å². The molecule has 2 heterocycles. The molecule has 0 amide bonds. The van der Waals surface area contributed by atoms with E-state index in [1.54, 1.807) is 38.4 Å². The van der Waals surface area contributed by atoms with Gasteiger partial charge in [0.25, 0.3) is 0 Å². The minimum absolute atomic E-state index is 0.134. The number of hydrogen-bond donors (Lipinski definition) is 4. The molecule has 2 aromatic heterocycles. The Morgan fingerprint density at radius 1 is 0.463 bits per heavy atom. The second-order valence-corrected chi connectivity index (χ2v) is 9.14. The van der Waals surface area contributed by atoms with E-state index in [9.17, 15) is 0 Å². The number of nitrogens with zero attached hydrogens (tertiary/aromatic N) is 4. The topological polar surface area (TPSA) is 123 Å². The number of hydrogen-bond acceptors (Lipinski definition) is 8. The third-order valence-corrected chi connectivity index (χ3v) is 5.98. The standard InChI is InChI=1S/C12H8N2.C7H10N2.2C7H8O2/c1-2-6-10-9(5-1)13-11-7-3-4-8-12(11)14-10;1-9(2)7-3-5-8-6-4-7;2*1-5-6(8)3-2-4-7(5)9/h1-8H;3-6H,1-2H3;2*2-4,8-9H,1H3. The first-order valence-electron chi connectivity index (χ1n) is 12.8. The minimum Gasteiger partial charge on any atom is -0.508 e. The SMILES string of the molecule is CN(C)c1ccncc1.Cc1c(O)cccc1O.Cc1c(O)cccc1O.c1ccc2nc3ccccc3nc2c1. The van der Waals surface area contributed by atoms with Gasteiger partial charge < -0.3 is 25.3 Å². The lowest BCUT2D eigenvalue weighted by Gasteiger charge is -2.10. The molecule has 6 rings (SSSR count). The number of pyridine rings is 1. The molecule has 41 heavy (non-hydrogen) atoms. The zero-order valence-corrected chi connectivity index (χ0v) is 23.5. The Hall–Kier alpha value is -5.37. The fourth-order valence-electron chi connectivity index (χ4n) is 3.43. The molecule has 0 aliphatic heterocycles. The van der Waals surface area contributed by atoms with Crippen LogP contribution in [0.3, 0.4) is 0 Å². The zero-order chi connectivity index (χ0) is 29.8. The quantitative estimate of drug-likeness (QED) is 0.166. The first-order valence-corrected chi connectivity index (χ1v) is 12.8. The number of phenols is 4. The van der Waals surface area contributed by atoms with Crippen molar-refractivity contribution >= 4 is 27.8 Å². The molecule has 4 aromatic carbocycles. The highest BCUT2D eigenvalue weighted by molar-refractivity contribution is 5.85. The molecular formula is C33H34N4O4. The minimum atomic E-state index is 0.134. The van der Waals surface area contributed by atoms with E-state index in [4.69, 9.17) is 20.4 Å². The normalized spacial score (nSPS) is 9.85. The van der Waals surface area contributed by atoms with Gasteiger partial charge in [-0.1, -0.05) is 36.4 Å². The summed E-state index contributed by atoms with van der Waals surface area (Å²) in [6.45, 7) is 3.31. The Morgan fingerprint density at radius 2 is 0.780 bits per heavy atom. The van der Waals surface area contributed by atoms with Crippen LogP contribution in [-0.2, 0) is 0 Å². The summed E-state index contributed by atoms with van der Waals surface area (Å²) in [4.78, 5) is 15.0. The molecule has 8 heteroatoms. The summed E-state index contributed by atoms with van der Waals surface area (Å²) in [6.07, 6.45) is 3.57. The lowest BCUT2D eigenvalue weighted by Crippen LogP contribution is -2.07. The summed E-state index contributed by atoms with van der Waals surface area (Å²) in [5, 5.41) is 35.8. The van der Waals surface area contributed by atoms with Crippen molar-refractivity contribution in [2.75, 3.05) is 19.0 Å². The molecule has 0 atom stereocenters. The molecule has 0 spiro atoms. The highest BCUT2D eigenvalue weighted by atomic mass is 16.3. The Balaban J connectivity index is 0.000000154. The number of rotatable bonds is 1. The fourth-order valence-corrected chi connectivity index (χ4v) is 3.43. The largest absolute Gasteiger partial charge is 0.508 e. The smallest absolute Gasteiger partial charge is 0.122 e. The van der Waals surface area contributed by atoms with Crippen LogP contribution in [0.5, 0.6) is 23.0 Å². The average molecular weight is 551 g/mol. The van der Waals surface area contributed by atoms with Crippen molar-refractivity contribution in [1.29, 1.82) is 0 Å². The summed E-state index contributed by atoms with van der Waals surface area (Å²) < 4.78 is 0. The van der Waals surface area contributed by atoms with Crippen molar-refractivity contribution in [2.24, 2.45) is 0 Å². The Kier molecular flexibility index (Phi) is 10.8. The van der Waals surface area contributed by atoms with Crippen molar-refractivity contribution in [2.45, 2.75) is 13.8 Å². The molecule has 0 radical (unpaired) electrons. The van der Waals surface area contributed by atoms with E-state index < -0.39 is 0 Å². The molecular weight excluding hydrogens is 516 g/mol. The van der Waals surface area contributed by atoms with E-state index in [-0.39, 0.29) is 23.0 Å². The van der Waals surface area contributed by atoms with Crippen LogP contribution in [-0.4, -0.2) is 49.5 Å². The zero-order valence-electron chi connectivity index (χ0n) is 23.5. The predicted octanol–water partition coefficient (Wildman–Crippen LogP) is 6.74. The van der Waals surface area contributed by atoms with Crippen molar-refractivity contribution in [1.82, 2.24) is 15.0 Å². The second kappa shape index (κ2) is 14.7. The molecule has 0 unspecified atom stereocenters. The van der Waals surface area contributed by atoms with Gasteiger partial charge in [0.15, 0.2) is 0 Å². The van der Waals surface area contributed by atoms with Gasteiger partial charge in [-0.2, -0.15) is 0 Å². The lowest BCUT2D eigenvalue weighted by atomic mass is 10.2. The van der Waals surface area contributed by atoms with Crippen LogP contribution in [0.2, 0.25) is 0 Å². The van der Waals surface area contributed by atoms with E-state index in [0.717, 1.165) is 22.1 Å². The molecule has 210 valence electrons. The van der Waals surface area contributed by atoms with Gasteiger partial charge in [-0.3, -0.25) is 4.98 Å². The van der Waals surface area contributed by atoms with Gasteiger partial charge in [0, 0.05) is 43.3 Å². The number of aromatic nitrogens is 3. The number of para-hydroxylation sites is 4. The van der Waals surface area contributed by atoms with Crippen LogP contribution in [0.4, 0.5) is 5.69 Å². The molecule has 0 fully saturated rings. The Morgan fingerprint density at radius 3 is 1.02 bits per heavy atom. The molecule has 0 aliphatic rings. The predicted molar refractivity (Wildman–Crippen MR) is 165 cm³/mol. The first kappa shape index (κ1) is 30.2. The van der Waals surface area contributed by atoms with Crippen molar-refractivity contribution in [3.8, 4) is 23.0 Å². The van der Waals surface area contributed by atoms with Gasteiger partial charge in [-0.05, 0) is 74.5 Å². The van der Waals surface area contributed by atoms with Gasteiger partial charge in [0.2, 0.25) is 0 Å². The van der Waals surface area contributed by atoms with E-state index in [1.165, 1.54) is 30.0 Å². The highest BCUT2D eigenvalue weighted by Gasteiger charge is 1.99.